The number of rotatable bonds is 5. The second kappa shape index (κ2) is 8.24. The number of aryl methyl sites for hydroxylation is 1. The van der Waals surface area contributed by atoms with Crippen molar-refractivity contribution in [3.63, 3.8) is 0 Å². The molecule has 3 heterocycles. The number of hydrogen-bond acceptors (Lipinski definition) is 4. The number of hydrogen-bond donors (Lipinski definition) is 1. The predicted molar refractivity (Wildman–Crippen MR) is 108 cm³/mol. The van der Waals surface area contributed by atoms with Gasteiger partial charge in [-0.3, -0.25) is 9.69 Å². The van der Waals surface area contributed by atoms with Gasteiger partial charge in [0.25, 0.3) is 0 Å². The molecule has 1 unspecified atom stereocenters. The lowest BCUT2D eigenvalue weighted by Gasteiger charge is -2.40. The Morgan fingerprint density at radius 1 is 1.31 bits per heavy atom. The van der Waals surface area contributed by atoms with Crippen molar-refractivity contribution in [2.45, 2.75) is 57.3 Å². The van der Waals surface area contributed by atoms with Crippen molar-refractivity contribution < 1.29 is 14.3 Å². The van der Waals surface area contributed by atoms with Gasteiger partial charge in [0.05, 0.1) is 18.2 Å². The summed E-state index contributed by atoms with van der Waals surface area (Å²) >= 11 is 0. The van der Waals surface area contributed by atoms with E-state index in [0.29, 0.717) is 39.0 Å². The highest BCUT2D eigenvalue weighted by Crippen LogP contribution is 2.28. The molecule has 0 aliphatic carbocycles. The van der Waals surface area contributed by atoms with Crippen molar-refractivity contribution in [1.82, 2.24) is 19.4 Å². The number of benzene rings is 1. The Kier molecular flexibility index (Phi) is 5.69. The number of likely N-dealkylation sites (tertiary alicyclic amines) is 2. The van der Waals surface area contributed by atoms with Crippen LogP contribution in [0.15, 0.2) is 36.7 Å². The molecule has 2 saturated heterocycles. The number of imidazole rings is 1. The number of nitrogens with zero attached hydrogens (tertiary/aromatic N) is 4. The van der Waals surface area contributed by atoms with E-state index in [4.69, 9.17) is 0 Å². The van der Waals surface area contributed by atoms with Crippen LogP contribution in [-0.2, 0) is 17.9 Å². The fourth-order valence-electron chi connectivity index (χ4n) is 4.56. The average molecular weight is 400 g/mol. The van der Waals surface area contributed by atoms with Crippen LogP contribution < -0.4 is 0 Å². The summed E-state index contributed by atoms with van der Waals surface area (Å²) in [4.78, 5) is 21.4. The number of carbonyl (C=O) groups excluding carboxylic acids is 1. The van der Waals surface area contributed by atoms with E-state index >= 15 is 0 Å². The highest BCUT2D eigenvalue weighted by Gasteiger charge is 2.39. The molecule has 6 nitrogen and oxygen atoms in total. The summed E-state index contributed by atoms with van der Waals surface area (Å²) < 4.78 is 15.5. The van der Waals surface area contributed by atoms with Gasteiger partial charge in [-0.1, -0.05) is 12.1 Å². The molecule has 29 heavy (non-hydrogen) atoms. The SMILES string of the molecule is Cc1nccn1CC1(O)CCN(C(=O)C2CCCN2Cc2cccc(F)c2)CC1. The Balaban J connectivity index is 1.35. The van der Waals surface area contributed by atoms with Crippen molar-refractivity contribution in [3.05, 3.63) is 53.9 Å². The van der Waals surface area contributed by atoms with E-state index in [0.717, 1.165) is 30.8 Å². The van der Waals surface area contributed by atoms with Crippen LogP contribution in [0.2, 0.25) is 0 Å². The zero-order valence-corrected chi connectivity index (χ0v) is 16.9. The molecule has 1 aromatic heterocycles. The first-order chi connectivity index (χ1) is 13.9. The van der Waals surface area contributed by atoms with Crippen molar-refractivity contribution in [2.24, 2.45) is 0 Å². The van der Waals surface area contributed by atoms with Gasteiger partial charge in [-0.25, -0.2) is 9.37 Å². The monoisotopic (exact) mass is 400 g/mol. The maximum Gasteiger partial charge on any atom is 0.239 e. The van der Waals surface area contributed by atoms with Crippen LogP contribution in [0, 0.1) is 12.7 Å². The molecule has 2 aliphatic rings. The molecule has 1 N–H and O–H groups in total. The van der Waals surface area contributed by atoms with E-state index < -0.39 is 5.60 Å². The first kappa shape index (κ1) is 20.0. The highest BCUT2D eigenvalue weighted by molar-refractivity contribution is 5.82. The number of piperidine rings is 1. The minimum atomic E-state index is -0.806. The normalized spacial score (nSPS) is 22.2. The molecule has 1 atom stereocenters. The standard InChI is InChI=1S/C22H29FN4O2/c1-17-24-9-13-27(17)16-22(29)7-11-25(12-8-22)21(28)20-6-3-10-26(20)15-18-4-2-5-19(23)14-18/h2,4-5,9,13-14,20,29H,3,6-8,10-12,15-16H2,1H3. The average Bonchev–Trinajstić information content (AvgIpc) is 3.31. The Bertz CT molecular complexity index is 860. The quantitative estimate of drug-likeness (QED) is 0.837. The van der Waals surface area contributed by atoms with Crippen molar-refractivity contribution in [3.8, 4) is 0 Å². The maximum atomic E-state index is 13.5. The van der Waals surface area contributed by atoms with Crippen LogP contribution in [0.3, 0.4) is 0 Å². The molecule has 156 valence electrons. The number of aliphatic hydroxyl groups is 1. The van der Waals surface area contributed by atoms with Gasteiger partial charge in [0.2, 0.25) is 5.91 Å². The van der Waals surface area contributed by atoms with Gasteiger partial charge in [-0.05, 0) is 56.8 Å². The van der Waals surface area contributed by atoms with Gasteiger partial charge < -0.3 is 14.6 Å². The van der Waals surface area contributed by atoms with E-state index in [9.17, 15) is 14.3 Å². The summed E-state index contributed by atoms with van der Waals surface area (Å²) in [7, 11) is 0. The lowest BCUT2D eigenvalue weighted by Crippen LogP contribution is -2.53. The number of amides is 1. The van der Waals surface area contributed by atoms with Crippen LogP contribution in [-0.4, -0.2) is 61.6 Å². The van der Waals surface area contributed by atoms with E-state index in [1.807, 2.05) is 28.7 Å². The molecule has 2 fully saturated rings. The highest BCUT2D eigenvalue weighted by atomic mass is 19.1. The van der Waals surface area contributed by atoms with Gasteiger partial charge in [0.15, 0.2) is 0 Å². The summed E-state index contributed by atoms with van der Waals surface area (Å²) in [6.07, 6.45) is 6.56. The maximum absolute atomic E-state index is 13.5. The fourth-order valence-corrected chi connectivity index (χ4v) is 4.56. The lowest BCUT2D eigenvalue weighted by molar-refractivity contribution is -0.140. The third-order valence-electron chi connectivity index (χ3n) is 6.32. The van der Waals surface area contributed by atoms with Gasteiger partial charge in [-0.2, -0.15) is 0 Å². The van der Waals surface area contributed by atoms with Gasteiger partial charge in [0, 0.05) is 32.0 Å². The van der Waals surface area contributed by atoms with Crippen LogP contribution in [0.25, 0.3) is 0 Å². The van der Waals surface area contributed by atoms with Crippen LogP contribution in [0.4, 0.5) is 4.39 Å². The van der Waals surface area contributed by atoms with Crippen LogP contribution in [0.5, 0.6) is 0 Å². The molecule has 1 aromatic carbocycles. The zero-order chi connectivity index (χ0) is 20.4. The summed E-state index contributed by atoms with van der Waals surface area (Å²) in [6.45, 7) is 5.00. The summed E-state index contributed by atoms with van der Waals surface area (Å²) in [6, 6.07) is 6.45. The Labute approximate surface area is 171 Å². The minimum Gasteiger partial charge on any atom is -0.388 e. The number of aromatic nitrogens is 2. The van der Waals surface area contributed by atoms with E-state index in [1.54, 1.807) is 18.3 Å². The molecular formula is C22H29FN4O2. The second-order valence-electron chi connectivity index (χ2n) is 8.41. The predicted octanol–water partition coefficient (Wildman–Crippen LogP) is 2.35. The molecule has 2 aromatic rings. The molecule has 4 rings (SSSR count). The largest absolute Gasteiger partial charge is 0.388 e. The molecule has 2 aliphatic heterocycles. The second-order valence-corrected chi connectivity index (χ2v) is 8.41. The van der Waals surface area contributed by atoms with Crippen LogP contribution in [0.1, 0.15) is 37.1 Å². The van der Waals surface area contributed by atoms with Gasteiger partial charge in [0.1, 0.15) is 11.6 Å². The lowest BCUT2D eigenvalue weighted by atomic mass is 9.90. The molecule has 7 heteroatoms. The van der Waals surface area contributed by atoms with Crippen LogP contribution >= 0.6 is 0 Å². The summed E-state index contributed by atoms with van der Waals surface area (Å²) in [5, 5.41) is 11.0. The number of carbonyl (C=O) groups is 1. The fraction of sp³-hybridized carbons (Fsp3) is 0.545. The molecule has 1 amide bonds. The van der Waals surface area contributed by atoms with Crippen molar-refractivity contribution in [2.75, 3.05) is 19.6 Å². The molecule has 0 saturated carbocycles. The molecule has 0 radical (unpaired) electrons. The Hall–Kier alpha value is -2.25. The zero-order valence-electron chi connectivity index (χ0n) is 16.9. The molecule has 0 bridgehead atoms. The van der Waals surface area contributed by atoms with E-state index in [-0.39, 0.29) is 17.8 Å². The summed E-state index contributed by atoms with van der Waals surface area (Å²) in [5.74, 6) is 0.781. The third-order valence-corrected chi connectivity index (χ3v) is 6.32. The summed E-state index contributed by atoms with van der Waals surface area (Å²) in [5.41, 5.74) is 0.0903. The number of halogens is 1. The Morgan fingerprint density at radius 3 is 2.79 bits per heavy atom. The first-order valence-electron chi connectivity index (χ1n) is 10.4. The Morgan fingerprint density at radius 2 is 2.10 bits per heavy atom. The van der Waals surface area contributed by atoms with Crippen molar-refractivity contribution in [1.29, 1.82) is 0 Å². The third kappa shape index (κ3) is 4.51. The smallest absolute Gasteiger partial charge is 0.239 e. The first-order valence-corrected chi connectivity index (χ1v) is 10.4. The topological polar surface area (TPSA) is 61.6 Å². The van der Waals surface area contributed by atoms with Crippen molar-refractivity contribution >= 4 is 5.91 Å². The van der Waals surface area contributed by atoms with E-state index in [1.165, 1.54) is 6.07 Å². The molecular weight excluding hydrogens is 371 g/mol. The van der Waals surface area contributed by atoms with Gasteiger partial charge >= 0.3 is 0 Å². The van der Waals surface area contributed by atoms with E-state index in [2.05, 4.69) is 9.88 Å². The van der Waals surface area contributed by atoms with Gasteiger partial charge in [-0.15, -0.1) is 0 Å². The minimum absolute atomic E-state index is 0.139. The molecule has 0 spiro atoms.